The van der Waals surface area contributed by atoms with Crippen molar-refractivity contribution >= 4 is 33.3 Å². The molecular formula is C31H31N6NaO2. The van der Waals surface area contributed by atoms with Gasteiger partial charge in [-0.25, -0.2) is 9.97 Å². The molecule has 6 rings (SSSR count). The van der Waals surface area contributed by atoms with E-state index in [0.29, 0.717) is 23.7 Å². The number of piperidine rings is 1. The molecule has 0 aliphatic carbocycles. The van der Waals surface area contributed by atoms with Crippen LogP contribution in [0.15, 0.2) is 73.2 Å². The number of ether oxygens (including phenoxy) is 2. The molecule has 0 unspecified atom stereocenters. The molecule has 1 aliphatic heterocycles. The van der Waals surface area contributed by atoms with Gasteiger partial charge >= 0.3 is 29.6 Å². The fourth-order valence-corrected chi connectivity index (χ4v) is 5.22. The maximum Gasteiger partial charge on any atom is 1.00 e. The van der Waals surface area contributed by atoms with Crippen molar-refractivity contribution in [3.63, 3.8) is 0 Å². The SMILES string of the molecule is COc1cc(OC2CCN(C)CC2)c2c(Nc3ccc4c(ccn4Cc4ccccc4C#N)c3)ncnc2c1.[H-].[Na+]. The summed E-state index contributed by atoms with van der Waals surface area (Å²) in [6.07, 6.45) is 5.69. The van der Waals surface area contributed by atoms with Crippen LogP contribution in [0.2, 0.25) is 0 Å². The van der Waals surface area contributed by atoms with Crippen molar-refractivity contribution in [3.05, 3.63) is 84.3 Å². The van der Waals surface area contributed by atoms with E-state index in [-0.39, 0.29) is 37.1 Å². The van der Waals surface area contributed by atoms with Crippen LogP contribution in [0.25, 0.3) is 21.8 Å². The van der Waals surface area contributed by atoms with Gasteiger partial charge in [0.2, 0.25) is 0 Å². The molecule has 9 heteroatoms. The Balaban J connectivity index is 0.00000194. The second-order valence-corrected chi connectivity index (χ2v) is 9.97. The van der Waals surface area contributed by atoms with Crippen molar-refractivity contribution in [2.75, 3.05) is 32.6 Å². The molecule has 0 saturated carbocycles. The van der Waals surface area contributed by atoms with Gasteiger partial charge in [-0.1, -0.05) is 18.2 Å². The molecule has 8 nitrogen and oxygen atoms in total. The van der Waals surface area contributed by atoms with Crippen LogP contribution in [0, 0.1) is 11.3 Å². The minimum Gasteiger partial charge on any atom is -1.00 e. The topological polar surface area (TPSA) is 88.2 Å². The van der Waals surface area contributed by atoms with Crippen LogP contribution >= 0.6 is 0 Å². The predicted octanol–water partition coefficient (Wildman–Crippen LogP) is 2.85. The van der Waals surface area contributed by atoms with Gasteiger partial charge in [-0.15, -0.1) is 0 Å². The van der Waals surface area contributed by atoms with Gasteiger partial charge in [0.25, 0.3) is 0 Å². The maximum atomic E-state index is 9.47. The number of aromatic nitrogens is 3. The number of hydrogen-bond acceptors (Lipinski definition) is 7. The van der Waals surface area contributed by atoms with Crippen molar-refractivity contribution in [1.29, 1.82) is 5.26 Å². The molecule has 0 atom stereocenters. The molecule has 1 saturated heterocycles. The first-order chi connectivity index (χ1) is 19.1. The number of anilines is 2. The summed E-state index contributed by atoms with van der Waals surface area (Å²) in [7, 11) is 3.80. The zero-order chi connectivity index (χ0) is 26.8. The molecule has 3 aromatic carbocycles. The van der Waals surface area contributed by atoms with Crippen molar-refractivity contribution in [2.45, 2.75) is 25.5 Å². The van der Waals surface area contributed by atoms with Crippen molar-refractivity contribution < 1.29 is 40.5 Å². The predicted molar refractivity (Wildman–Crippen MR) is 154 cm³/mol. The van der Waals surface area contributed by atoms with E-state index in [1.165, 1.54) is 0 Å². The summed E-state index contributed by atoms with van der Waals surface area (Å²) in [5.74, 6) is 2.12. The number of likely N-dealkylation sites (tertiary alicyclic amines) is 1. The van der Waals surface area contributed by atoms with E-state index >= 15 is 0 Å². The summed E-state index contributed by atoms with van der Waals surface area (Å²) in [5, 5.41) is 14.9. The molecule has 1 N–H and O–H groups in total. The number of rotatable bonds is 7. The third kappa shape index (κ3) is 5.79. The van der Waals surface area contributed by atoms with Gasteiger partial charge in [0.15, 0.2) is 0 Å². The molecule has 0 spiro atoms. The average Bonchev–Trinajstić information content (AvgIpc) is 3.36. The molecule has 198 valence electrons. The summed E-state index contributed by atoms with van der Waals surface area (Å²) in [5.41, 5.74) is 4.47. The molecule has 0 radical (unpaired) electrons. The van der Waals surface area contributed by atoms with Crippen LogP contribution in [0.1, 0.15) is 25.4 Å². The van der Waals surface area contributed by atoms with Gasteiger partial charge in [-0.05, 0) is 55.8 Å². The van der Waals surface area contributed by atoms with Crippen molar-refractivity contribution in [3.8, 4) is 17.6 Å². The Kier molecular flexibility index (Phi) is 8.57. The summed E-state index contributed by atoms with van der Waals surface area (Å²) in [4.78, 5) is 11.4. The van der Waals surface area contributed by atoms with Crippen molar-refractivity contribution in [1.82, 2.24) is 19.4 Å². The Hall–Kier alpha value is -3.61. The molecule has 0 bridgehead atoms. The van der Waals surface area contributed by atoms with Gasteiger partial charge in [-0.3, -0.25) is 0 Å². The molecular weight excluding hydrogens is 511 g/mol. The minimum absolute atomic E-state index is 0. The molecule has 0 amide bonds. The number of nitriles is 1. The zero-order valence-corrected chi connectivity index (χ0v) is 25.1. The molecule has 2 aromatic heterocycles. The van der Waals surface area contributed by atoms with E-state index in [0.717, 1.165) is 64.7 Å². The van der Waals surface area contributed by atoms with Gasteiger partial charge < -0.3 is 25.7 Å². The third-order valence-corrected chi connectivity index (χ3v) is 7.38. The number of fused-ring (bicyclic) bond motifs is 2. The smallest absolute Gasteiger partial charge is 1.00 e. The van der Waals surface area contributed by atoms with Gasteiger partial charge in [0.05, 0.1) is 29.6 Å². The monoisotopic (exact) mass is 542 g/mol. The Morgan fingerprint density at radius 1 is 1.07 bits per heavy atom. The Morgan fingerprint density at radius 3 is 2.70 bits per heavy atom. The van der Waals surface area contributed by atoms with Crippen LogP contribution in [-0.4, -0.2) is 52.8 Å². The Labute approximate surface area is 257 Å². The summed E-state index contributed by atoms with van der Waals surface area (Å²) < 4.78 is 14.2. The number of benzene rings is 3. The summed E-state index contributed by atoms with van der Waals surface area (Å²) in [6.45, 7) is 2.65. The maximum absolute atomic E-state index is 9.47. The first kappa shape index (κ1) is 27.9. The first-order valence-electron chi connectivity index (χ1n) is 13.1. The summed E-state index contributed by atoms with van der Waals surface area (Å²) in [6, 6.07) is 22.2. The van der Waals surface area contributed by atoms with Crippen LogP contribution in [0.5, 0.6) is 11.5 Å². The molecule has 1 aliphatic rings. The van der Waals surface area contributed by atoms with E-state index in [1.54, 1.807) is 13.4 Å². The van der Waals surface area contributed by atoms with Crippen LogP contribution in [0.3, 0.4) is 0 Å². The van der Waals surface area contributed by atoms with Crippen LogP contribution < -0.4 is 44.3 Å². The van der Waals surface area contributed by atoms with E-state index in [4.69, 9.17) is 9.47 Å². The van der Waals surface area contributed by atoms with E-state index in [9.17, 15) is 5.26 Å². The van der Waals surface area contributed by atoms with E-state index in [2.05, 4.69) is 62.3 Å². The van der Waals surface area contributed by atoms with Crippen LogP contribution in [-0.2, 0) is 6.54 Å². The van der Waals surface area contributed by atoms with Crippen molar-refractivity contribution in [2.24, 2.45) is 0 Å². The van der Waals surface area contributed by atoms with Gasteiger partial charge in [0.1, 0.15) is 29.7 Å². The fourth-order valence-electron chi connectivity index (χ4n) is 5.22. The molecule has 5 aromatic rings. The van der Waals surface area contributed by atoms with Crippen LogP contribution in [0.4, 0.5) is 11.5 Å². The fraction of sp³-hybridized carbons (Fsp3) is 0.258. The molecule has 1 fully saturated rings. The second kappa shape index (κ2) is 12.3. The summed E-state index contributed by atoms with van der Waals surface area (Å²) >= 11 is 0. The average molecular weight is 543 g/mol. The zero-order valence-electron chi connectivity index (χ0n) is 24.1. The van der Waals surface area contributed by atoms with Gasteiger partial charge in [0, 0.05) is 54.6 Å². The number of nitrogens with one attached hydrogen (secondary N) is 1. The number of nitrogens with zero attached hydrogens (tertiary/aromatic N) is 5. The third-order valence-electron chi connectivity index (χ3n) is 7.38. The normalized spacial score (nSPS) is 14.0. The van der Waals surface area contributed by atoms with E-state index in [1.807, 2.05) is 42.5 Å². The van der Waals surface area contributed by atoms with E-state index < -0.39 is 0 Å². The minimum atomic E-state index is 0. The standard InChI is InChI=1S/C31H30N6O2.Na.H/c1-36-12-10-25(11-13-36)39-29-17-26(38-2)16-27-30(29)31(34-20-33-27)35-24-7-8-28-21(15-24)9-14-37(28)19-23-6-4-3-5-22(23)18-32;;/h3-9,14-17,20,25H,10-13,19H2,1-2H3,(H,33,34,35);;/q;+1;-1. The molecule has 3 heterocycles. The number of hydrogen-bond donors (Lipinski definition) is 1. The number of methoxy groups -OCH3 is 1. The largest absolute Gasteiger partial charge is 1.00 e. The molecule has 40 heavy (non-hydrogen) atoms. The second-order valence-electron chi connectivity index (χ2n) is 9.97. The quantitative estimate of drug-likeness (QED) is 0.317. The Bertz CT molecular complexity index is 1690. The first-order valence-corrected chi connectivity index (χ1v) is 13.1. The Morgan fingerprint density at radius 2 is 1.90 bits per heavy atom. The van der Waals surface area contributed by atoms with Gasteiger partial charge in [-0.2, -0.15) is 5.26 Å².